The number of rotatable bonds is 6. The molecule has 0 spiro atoms. The van der Waals surface area contributed by atoms with Crippen LogP contribution in [-0.4, -0.2) is 53.8 Å². The molecule has 112 valence electrons. The number of carbonyl (C=O) groups is 1. The summed E-state index contributed by atoms with van der Waals surface area (Å²) in [5.74, 6) is 3.18. The standard InChI is InChI=1S/C14H28N2O2S/c1-12(2)10-13(4-7-17)11-15-14(18)16-5-3-8-19-9-6-16/h12-13,17H,3-11H2,1-2H3,(H,15,18). The van der Waals surface area contributed by atoms with Crippen LogP contribution in [0.25, 0.3) is 0 Å². The zero-order valence-corrected chi connectivity index (χ0v) is 13.0. The summed E-state index contributed by atoms with van der Waals surface area (Å²) < 4.78 is 0. The predicted octanol–water partition coefficient (Wildman–Crippen LogP) is 2.18. The van der Waals surface area contributed by atoms with E-state index < -0.39 is 0 Å². The Hall–Kier alpha value is -0.420. The Morgan fingerprint density at radius 3 is 2.84 bits per heavy atom. The third kappa shape index (κ3) is 7.06. The molecule has 0 saturated carbocycles. The number of nitrogens with zero attached hydrogens (tertiary/aromatic N) is 1. The maximum absolute atomic E-state index is 12.1. The van der Waals surface area contributed by atoms with Crippen molar-refractivity contribution in [1.82, 2.24) is 10.2 Å². The minimum absolute atomic E-state index is 0.0641. The van der Waals surface area contributed by atoms with Gasteiger partial charge in [0, 0.05) is 32.0 Å². The molecule has 2 amide bonds. The highest BCUT2D eigenvalue weighted by Crippen LogP contribution is 2.15. The molecule has 0 bridgehead atoms. The Kier molecular flexibility index (Phi) is 8.30. The Morgan fingerprint density at radius 2 is 2.16 bits per heavy atom. The molecule has 1 aliphatic rings. The zero-order valence-electron chi connectivity index (χ0n) is 12.2. The molecule has 0 radical (unpaired) electrons. The maximum Gasteiger partial charge on any atom is 0.317 e. The van der Waals surface area contributed by atoms with Crippen LogP contribution < -0.4 is 5.32 Å². The summed E-state index contributed by atoms with van der Waals surface area (Å²) in [4.78, 5) is 14.0. The first-order chi connectivity index (χ1) is 9.13. The predicted molar refractivity (Wildman–Crippen MR) is 81.6 cm³/mol. The number of hydrogen-bond acceptors (Lipinski definition) is 3. The Bertz CT molecular complexity index is 254. The first kappa shape index (κ1) is 16.6. The van der Waals surface area contributed by atoms with Crippen molar-refractivity contribution in [3.8, 4) is 0 Å². The number of aliphatic hydroxyl groups is 1. The van der Waals surface area contributed by atoms with Gasteiger partial charge < -0.3 is 15.3 Å². The van der Waals surface area contributed by atoms with Gasteiger partial charge in [-0.05, 0) is 36.9 Å². The van der Waals surface area contributed by atoms with E-state index in [1.165, 1.54) is 0 Å². The molecule has 1 heterocycles. The lowest BCUT2D eigenvalue weighted by Crippen LogP contribution is -2.43. The Morgan fingerprint density at radius 1 is 1.37 bits per heavy atom. The fourth-order valence-electron chi connectivity index (χ4n) is 2.45. The SMILES string of the molecule is CC(C)CC(CCO)CNC(=O)N1CCCSCC1. The topological polar surface area (TPSA) is 52.6 Å². The molecule has 4 nitrogen and oxygen atoms in total. The summed E-state index contributed by atoms with van der Waals surface area (Å²) in [6, 6.07) is 0.0641. The lowest BCUT2D eigenvalue weighted by atomic mass is 9.94. The number of urea groups is 1. The molecule has 1 saturated heterocycles. The molecule has 1 unspecified atom stereocenters. The van der Waals surface area contributed by atoms with Gasteiger partial charge in [0.05, 0.1) is 0 Å². The van der Waals surface area contributed by atoms with E-state index in [-0.39, 0.29) is 12.6 Å². The van der Waals surface area contributed by atoms with Gasteiger partial charge >= 0.3 is 6.03 Å². The van der Waals surface area contributed by atoms with Crippen LogP contribution in [0.2, 0.25) is 0 Å². The normalized spacial score (nSPS) is 18.2. The van der Waals surface area contributed by atoms with Gasteiger partial charge in [-0.25, -0.2) is 4.79 Å². The molecule has 19 heavy (non-hydrogen) atoms. The second-order valence-electron chi connectivity index (χ2n) is 5.65. The maximum atomic E-state index is 12.1. The van der Waals surface area contributed by atoms with Gasteiger partial charge in [-0.1, -0.05) is 13.8 Å². The van der Waals surface area contributed by atoms with Crippen LogP contribution in [0.4, 0.5) is 4.79 Å². The molecule has 5 heteroatoms. The quantitative estimate of drug-likeness (QED) is 0.787. The molecular weight excluding hydrogens is 260 g/mol. The van der Waals surface area contributed by atoms with Crippen LogP contribution in [0.5, 0.6) is 0 Å². The third-order valence-electron chi connectivity index (χ3n) is 3.39. The first-order valence-electron chi connectivity index (χ1n) is 7.35. The molecule has 0 aromatic carbocycles. The van der Waals surface area contributed by atoms with Crippen LogP contribution in [-0.2, 0) is 0 Å². The molecular formula is C14H28N2O2S. The highest BCUT2D eigenvalue weighted by Gasteiger charge is 2.17. The number of hydrogen-bond donors (Lipinski definition) is 2. The van der Waals surface area contributed by atoms with Crippen molar-refractivity contribution >= 4 is 17.8 Å². The average Bonchev–Trinajstić information content (AvgIpc) is 2.64. The fourth-order valence-corrected chi connectivity index (χ4v) is 3.33. The molecule has 0 aromatic heterocycles. The molecule has 1 fully saturated rings. The van der Waals surface area contributed by atoms with Gasteiger partial charge in [0.15, 0.2) is 0 Å². The van der Waals surface area contributed by atoms with Gasteiger partial charge in [0.25, 0.3) is 0 Å². The van der Waals surface area contributed by atoms with Gasteiger partial charge in [-0.2, -0.15) is 11.8 Å². The Balaban J connectivity index is 2.32. The highest BCUT2D eigenvalue weighted by atomic mass is 32.2. The van der Waals surface area contributed by atoms with E-state index in [0.29, 0.717) is 18.4 Å². The summed E-state index contributed by atoms with van der Waals surface area (Å²) in [6.07, 6.45) is 2.91. The minimum atomic E-state index is 0.0641. The van der Waals surface area contributed by atoms with Crippen molar-refractivity contribution in [2.75, 3.05) is 37.7 Å². The van der Waals surface area contributed by atoms with Gasteiger partial charge in [0.2, 0.25) is 0 Å². The second-order valence-corrected chi connectivity index (χ2v) is 6.87. The Labute approximate surface area is 121 Å². The van der Waals surface area contributed by atoms with Crippen molar-refractivity contribution in [1.29, 1.82) is 0 Å². The molecule has 1 aliphatic heterocycles. The van der Waals surface area contributed by atoms with E-state index in [1.54, 1.807) is 0 Å². The molecule has 2 N–H and O–H groups in total. The van der Waals surface area contributed by atoms with Crippen molar-refractivity contribution in [3.63, 3.8) is 0 Å². The van der Waals surface area contributed by atoms with E-state index in [4.69, 9.17) is 5.11 Å². The number of aliphatic hydroxyl groups excluding tert-OH is 1. The summed E-state index contributed by atoms with van der Waals surface area (Å²) in [5, 5.41) is 12.1. The smallest absolute Gasteiger partial charge is 0.317 e. The monoisotopic (exact) mass is 288 g/mol. The van der Waals surface area contributed by atoms with E-state index >= 15 is 0 Å². The first-order valence-corrected chi connectivity index (χ1v) is 8.50. The molecule has 0 aliphatic carbocycles. The average molecular weight is 288 g/mol. The van der Waals surface area contributed by atoms with E-state index in [9.17, 15) is 4.79 Å². The third-order valence-corrected chi connectivity index (χ3v) is 4.44. The number of carbonyl (C=O) groups excluding carboxylic acids is 1. The van der Waals surface area contributed by atoms with E-state index in [0.717, 1.165) is 43.9 Å². The van der Waals surface area contributed by atoms with Crippen molar-refractivity contribution in [2.45, 2.75) is 33.1 Å². The molecule has 0 aromatic rings. The van der Waals surface area contributed by atoms with Gasteiger partial charge in [-0.3, -0.25) is 0 Å². The lowest BCUT2D eigenvalue weighted by Gasteiger charge is -2.23. The largest absolute Gasteiger partial charge is 0.396 e. The number of amides is 2. The van der Waals surface area contributed by atoms with Crippen molar-refractivity contribution in [2.24, 2.45) is 11.8 Å². The zero-order chi connectivity index (χ0) is 14.1. The van der Waals surface area contributed by atoms with Gasteiger partial charge in [-0.15, -0.1) is 0 Å². The minimum Gasteiger partial charge on any atom is -0.396 e. The summed E-state index contributed by atoms with van der Waals surface area (Å²) in [6.45, 7) is 6.96. The number of nitrogens with one attached hydrogen (secondary N) is 1. The van der Waals surface area contributed by atoms with Crippen molar-refractivity contribution < 1.29 is 9.90 Å². The summed E-state index contributed by atoms with van der Waals surface area (Å²) in [7, 11) is 0. The highest BCUT2D eigenvalue weighted by molar-refractivity contribution is 7.99. The fraction of sp³-hybridized carbons (Fsp3) is 0.929. The van der Waals surface area contributed by atoms with E-state index in [1.807, 2.05) is 16.7 Å². The van der Waals surface area contributed by atoms with Crippen LogP contribution >= 0.6 is 11.8 Å². The van der Waals surface area contributed by atoms with Gasteiger partial charge in [0.1, 0.15) is 0 Å². The summed E-state index contributed by atoms with van der Waals surface area (Å²) in [5.41, 5.74) is 0. The second kappa shape index (κ2) is 9.48. The van der Waals surface area contributed by atoms with Crippen LogP contribution in [0.15, 0.2) is 0 Å². The number of thioether (sulfide) groups is 1. The molecule has 1 rings (SSSR count). The van der Waals surface area contributed by atoms with E-state index in [2.05, 4.69) is 19.2 Å². The van der Waals surface area contributed by atoms with Crippen LogP contribution in [0.1, 0.15) is 33.1 Å². The summed E-state index contributed by atoms with van der Waals surface area (Å²) >= 11 is 1.92. The lowest BCUT2D eigenvalue weighted by molar-refractivity contribution is 0.194. The molecule has 1 atom stereocenters. The van der Waals surface area contributed by atoms with Crippen LogP contribution in [0, 0.1) is 11.8 Å². The van der Waals surface area contributed by atoms with Crippen molar-refractivity contribution in [3.05, 3.63) is 0 Å². The van der Waals surface area contributed by atoms with Crippen LogP contribution in [0.3, 0.4) is 0 Å².